The van der Waals surface area contributed by atoms with E-state index in [2.05, 4.69) is 31.1 Å². The molecular formula is C12H15BrN4O2. The van der Waals surface area contributed by atoms with Gasteiger partial charge in [0.1, 0.15) is 0 Å². The summed E-state index contributed by atoms with van der Waals surface area (Å²) in [7, 11) is 0. The lowest BCUT2D eigenvalue weighted by molar-refractivity contribution is 0.119. The van der Waals surface area contributed by atoms with Crippen LogP contribution in [0.5, 0.6) is 0 Å². The number of rotatable bonds is 6. The second kappa shape index (κ2) is 6.74. The van der Waals surface area contributed by atoms with Crippen molar-refractivity contribution in [3.63, 3.8) is 0 Å². The SMILES string of the molecule is CCCOCC(N)c1noc(-c2cncc(Br)c2)n1. The maximum atomic E-state index is 5.92. The highest BCUT2D eigenvalue weighted by Crippen LogP contribution is 2.21. The van der Waals surface area contributed by atoms with Gasteiger partial charge in [0.05, 0.1) is 18.2 Å². The molecule has 2 rings (SSSR count). The van der Waals surface area contributed by atoms with Crippen LogP contribution in [0, 0.1) is 0 Å². The molecule has 7 heteroatoms. The van der Waals surface area contributed by atoms with Crippen LogP contribution >= 0.6 is 15.9 Å². The summed E-state index contributed by atoms with van der Waals surface area (Å²) in [4.78, 5) is 8.30. The van der Waals surface area contributed by atoms with E-state index in [1.165, 1.54) is 0 Å². The largest absolute Gasteiger partial charge is 0.379 e. The highest BCUT2D eigenvalue weighted by Gasteiger charge is 2.15. The van der Waals surface area contributed by atoms with Gasteiger partial charge in [0.2, 0.25) is 0 Å². The Labute approximate surface area is 119 Å². The van der Waals surface area contributed by atoms with Gasteiger partial charge in [-0.15, -0.1) is 0 Å². The molecule has 0 aliphatic heterocycles. The Morgan fingerprint density at radius 1 is 1.47 bits per heavy atom. The molecule has 2 aromatic heterocycles. The van der Waals surface area contributed by atoms with Gasteiger partial charge >= 0.3 is 0 Å². The van der Waals surface area contributed by atoms with Gasteiger partial charge in [0, 0.05) is 23.5 Å². The molecule has 0 spiro atoms. The zero-order chi connectivity index (χ0) is 13.7. The molecule has 0 radical (unpaired) electrons. The van der Waals surface area contributed by atoms with Gasteiger partial charge in [-0.05, 0) is 28.4 Å². The van der Waals surface area contributed by atoms with E-state index in [4.69, 9.17) is 15.0 Å². The molecule has 2 heterocycles. The van der Waals surface area contributed by atoms with Crippen molar-refractivity contribution in [3.05, 3.63) is 28.8 Å². The predicted octanol–water partition coefficient (Wildman–Crippen LogP) is 2.32. The fourth-order valence-electron chi connectivity index (χ4n) is 1.46. The monoisotopic (exact) mass is 326 g/mol. The maximum Gasteiger partial charge on any atom is 0.259 e. The molecule has 1 atom stereocenters. The summed E-state index contributed by atoms with van der Waals surface area (Å²) < 4.78 is 11.4. The van der Waals surface area contributed by atoms with Crippen molar-refractivity contribution in [2.75, 3.05) is 13.2 Å². The topological polar surface area (TPSA) is 87.1 Å². The van der Waals surface area contributed by atoms with E-state index < -0.39 is 0 Å². The quantitative estimate of drug-likeness (QED) is 0.819. The van der Waals surface area contributed by atoms with E-state index in [-0.39, 0.29) is 6.04 Å². The summed E-state index contributed by atoms with van der Waals surface area (Å²) in [6.45, 7) is 3.09. The van der Waals surface area contributed by atoms with Gasteiger partial charge in [0.15, 0.2) is 5.82 Å². The number of halogens is 1. The molecule has 0 saturated heterocycles. The summed E-state index contributed by atoms with van der Waals surface area (Å²) in [6, 6.07) is 1.47. The van der Waals surface area contributed by atoms with E-state index in [0.717, 1.165) is 16.5 Å². The summed E-state index contributed by atoms with van der Waals surface area (Å²) in [6.07, 6.45) is 4.29. The van der Waals surface area contributed by atoms with Crippen LogP contribution in [0.15, 0.2) is 27.5 Å². The second-order valence-electron chi connectivity index (χ2n) is 4.03. The Bertz CT molecular complexity index is 532. The maximum absolute atomic E-state index is 5.92. The van der Waals surface area contributed by atoms with Gasteiger partial charge in [0.25, 0.3) is 5.89 Å². The lowest BCUT2D eigenvalue weighted by Crippen LogP contribution is -2.18. The fraction of sp³-hybridized carbons (Fsp3) is 0.417. The van der Waals surface area contributed by atoms with Gasteiger partial charge in [-0.3, -0.25) is 4.98 Å². The van der Waals surface area contributed by atoms with E-state index >= 15 is 0 Å². The standard InChI is InChI=1S/C12H15BrN4O2/c1-2-3-18-7-10(14)11-16-12(19-17-11)8-4-9(13)6-15-5-8/h4-6,10H,2-3,7,14H2,1H3. The van der Waals surface area contributed by atoms with Crippen LogP contribution in [0.3, 0.4) is 0 Å². The molecule has 2 aromatic rings. The van der Waals surface area contributed by atoms with Gasteiger partial charge in [-0.25, -0.2) is 0 Å². The zero-order valence-corrected chi connectivity index (χ0v) is 12.1. The minimum Gasteiger partial charge on any atom is -0.379 e. The van der Waals surface area contributed by atoms with Crippen molar-refractivity contribution in [1.82, 2.24) is 15.1 Å². The van der Waals surface area contributed by atoms with E-state index in [9.17, 15) is 0 Å². The minimum absolute atomic E-state index is 0.379. The molecule has 0 aliphatic rings. The predicted molar refractivity (Wildman–Crippen MR) is 73.3 cm³/mol. The molecule has 6 nitrogen and oxygen atoms in total. The number of nitrogens with two attached hydrogens (primary N) is 1. The van der Waals surface area contributed by atoms with Crippen LogP contribution in [0.1, 0.15) is 25.2 Å². The Morgan fingerprint density at radius 2 is 2.32 bits per heavy atom. The Balaban J connectivity index is 2.06. The molecule has 1 unspecified atom stereocenters. The smallest absolute Gasteiger partial charge is 0.259 e. The average Bonchev–Trinajstić information content (AvgIpc) is 2.88. The fourth-order valence-corrected chi connectivity index (χ4v) is 1.83. The van der Waals surface area contributed by atoms with Crippen molar-refractivity contribution >= 4 is 15.9 Å². The first-order chi connectivity index (χ1) is 9.20. The number of aromatic nitrogens is 3. The molecule has 0 bridgehead atoms. The number of ether oxygens (including phenoxy) is 1. The summed E-state index contributed by atoms with van der Waals surface area (Å²) >= 11 is 3.34. The summed E-state index contributed by atoms with van der Waals surface area (Å²) in [5.41, 5.74) is 6.67. The third-order valence-electron chi connectivity index (χ3n) is 2.37. The Kier molecular flexibility index (Phi) is 5.00. The van der Waals surface area contributed by atoms with Gasteiger partial charge in [-0.1, -0.05) is 12.1 Å². The van der Waals surface area contributed by atoms with Crippen LogP contribution in [-0.4, -0.2) is 28.3 Å². The zero-order valence-electron chi connectivity index (χ0n) is 10.5. The van der Waals surface area contributed by atoms with E-state index in [1.807, 2.05) is 13.0 Å². The van der Waals surface area contributed by atoms with Crippen LogP contribution in [0.2, 0.25) is 0 Å². The van der Waals surface area contributed by atoms with Crippen LogP contribution < -0.4 is 5.73 Å². The van der Waals surface area contributed by atoms with Crippen molar-refractivity contribution in [2.45, 2.75) is 19.4 Å². The second-order valence-corrected chi connectivity index (χ2v) is 4.95. The molecule has 0 aliphatic carbocycles. The number of pyridine rings is 1. The van der Waals surface area contributed by atoms with E-state index in [1.54, 1.807) is 12.4 Å². The summed E-state index contributed by atoms with van der Waals surface area (Å²) in [5, 5.41) is 3.87. The highest BCUT2D eigenvalue weighted by atomic mass is 79.9. The van der Waals surface area contributed by atoms with Crippen molar-refractivity contribution in [3.8, 4) is 11.5 Å². The van der Waals surface area contributed by atoms with E-state index in [0.29, 0.717) is 24.9 Å². The minimum atomic E-state index is -0.385. The van der Waals surface area contributed by atoms with Crippen LogP contribution in [0.4, 0.5) is 0 Å². The molecule has 19 heavy (non-hydrogen) atoms. The Morgan fingerprint density at radius 3 is 3.05 bits per heavy atom. The van der Waals surface area contributed by atoms with Gasteiger partial charge in [-0.2, -0.15) is 4.98 Å². The first-order valence-electron chi connectivity index (χ1n) is 5.98. The van der Waals surface area contributed by atoms with Crippen molar-refractivity contribution in [1.29, 1.82) is 0 Å². The lowest BCUT2D eigenvalue weighted by atomic mass is 10.3. The summed E-state index contributed by atoms with van der Waals surface area (Å²) in [5.74, 6) is 0.834. The molecule has 0 saturated carbocycles. The number of hydrogen-bond acceptors (Lipinski definition) is 6. The van der Waals surface area contributed by atoms with Gasteiger partial charge < -0.3 is 15.0 Å². The molecular weight excluding hydrogens is 312 g/mol. The van der Waals surface area contributed by atoms with Crippen LogP contribution in [-0.2, 0) is 4.74 Å². The third-order valence-corrected chi connectivity index (χ3v) is 2.80. The normalized spacial score (nSPS) is 12.6. The van der Waals surface area contributed by atoms with Crippen molar-refractivity contribution < 1.29 is 9.26 Å². The first kappa shape index (κ1) is 14.1. The van der Waals surface area contributed by atoms with Crippen molar-refractivity contribution in [2.24, 2.45) is 5.73 Å². The lowest BCUT2D eigenvalue weighted by Gasteiger charge is -2.06. The molecule has 0 amide bonds. The molecule has 102 valence electrons. The number of hydrogen-bond donors (Lipinski definition) is 1. The van der Waals surface area contributed by atoms with Crippen LogP contribution in [0.25, 0.3) is 11.5 Å². The highest BCUT2D eigenvalue weighted by molar-refractivity contribution is 9.10. The Hall–Kier alpha value is -1.31. The third kappa shape index (κ3) is 3.82. The average molecular weight is 327 g/mol. The molecule has 2 N–H and O–H groups in total. The number of nitrogens with zero attached hydrogens (tertiary/aromatic N) is 3. The molecule has 0 fully saturated rings. The molecule has 0 aromatic carbocycles. The first-order valence-corrected chi connectivity index (χ1v) is 6.78.